The summed E-state index contributed by atoms with van der Waals surface area (Å²) in [5.41, 5.74) is 4.42. The van der Waals surface area contributed by atoms with Gasteiger partial charge in [0.2, 0.25) is 0 Å². The van der Waals surface area contributed by atoms with Crippen molar-refractivity contribution in [3.05, 3.63) is 23.3 Å². The summed E-state index contributed by atoms with van der Waals surface area (Å²) in [5, 5.41) is 21.2. The van der Waals surface area contributed by atoms with E-state index >= 15 is 0 Å². The van der Waals surface area contributed by atoms with Crippen LogP contribution in [0.15, 0.2) is 23.3 Å². The quantitative estimate of drug-likeness (QED) is 0.110. The highest BCUT2D eigenvalue weighted by atomic mass is 17.2. The third-order valence-electron chi connectivity index (χ3n) is 21.9. The first kappa shape index (κ1) is 45.9. The van der Waals surface area contributed by atoms with Gasteiger partial charge in [-0.25, -0.2) is 9.78 Å². The second-order valence-electron chi connectivity index (χ2n) is 26.4. The fourth-order valence-electron chi connectivity index (χ4n) is 18.4. The molecule has 0 aromatic rings. The summed E-state index contributed by atoms with van der Waals surface area (Å²) in [6.45, 7) is 30.5. The molecule has 2 N–H and O–H groups in total. The first-order valence-electron chi connectivity index (χ1n) is 26.2. The molecule has 16 atom stereocenters. The molecule has 0 aliphatic heterocycles. The Morgan fingerprint density at radius 3 is 1.28 bits per heavy atom. The van der Waals surface area contributed by atoms with Gasteiger partial charge in [0.1, 0.15) is 0 Å². The highest BCUT2D eigenvalue weighted by Gasteiger charge is 2.64. The van der Waals surface area contributed by atoms with Crippen molar-refractivity contribution >= 4 is 0 Å². The van der Waals surface area contributed by atoms with E-state index in [0.29, 0.717) is 34.5 Å². The van der Waals surface area contributed by atoms with Crippen LogP contribution >= 0.6 is 0 Å². The molecule has 8 aliphatic rings. The lowest BCUT2D eigenvalue weighted by molar-refractivity contribution is -0.392. The zero-order chi connectivity index (χ0) is 43.2. The van der Waals surface area contributed by atoms with Gasteiger partial charge >= 0.3 is 0 Å². The van der Waals surface area contributed by atoms with Crippen molar-refractivity contribution < 1.29 is 20.0 Å². The van der Waals surface area contributed by atoms with Gasteiger partial charge in [-0.2, -0.15) is 0 Å². The van der Waals surface area contributed by atoms with Gasteiger partial charge in [0.15, 0.2) is 0 Å². The van der Waals surface area contributed by atoms with Crippen LogP contribution < -0.4 is 0 Å². The van der Waals surface area contributed by atoms with Crippen LogP contribution in [0, 0.1) is 91.7 Å². The van der Waals surface area contributed by atoms with Gasteiger partial charge in [-0.3, -0.25) is 0 Å². The summed E-state index contributed by atoms with van der Waals surface area (Å²) in [6, 6.07) is 0. The lowest BCUT2D eigenvalue weighted by Gasteiger charge is -2.59. The zero-order valence-corrected chi connectivity index (χ0v) is 41.1. The van der Waals surface area contributed by atoms with E-state index in [2.05, 4.69) is 95.2 Å². The van der Waals surface area contributed by atoms with Crippen molar-refractivity contribution in [1.82, 2.24) is 0 Å². The molecule has 0 aromatic heterocycles. The third kappa shape index (κ3) is 7.63. The molecule has 4 nitrogen and oxygen atoms in total. The molecule has 8 aliphatic carbocycles. The van der Waals surface area contributed by atoms with Crippen LogP contribution in [0.4, 0.5) is 0 Å². The van der Waals surface area contributed by atoms with Crippen molar-refractivity contribution in [3.8, 4) is 0 Å². The minimum Gasteiger partial charge on any atom is -0.393 e. The summed E-state index contributed by atoms with van der Waals surface area (Å²) in [5.74, 6) is 7.16. The van der Waals surface area contributed by atoms with E-state index in [1.54, 1.807) is 11.1 Å². The highest BCUT2D eigenvalue weighted by Crippen LogP contribution is 2.71. The van der Waals surface area contributed by atoms with Gasteiger partial charge in [0, 0.05) is 0 Å². The SMILES string of the molecule is CC(C)CC[C@H](OO[C@@H](CCC(C)C)C(C)(C)C1CCC2C3CC=C4CC(O)CC[C@]4(C)C3CC[C@@]21C)C(C)(C)C1CCC2C3CC=C4CC(O)CC[C@]4(C)C3CC[C@@]21C. The predicted molar refractivity (Wildman–Crippen MR) is 248 cm³/mol. The summed E-state index contributed by atoms with van der Waals surface area (Å²) in [6.07, 6.45) is 28.8. The fourth-order valence-corrected chi connectivity index (χ4v) is 18.4. The second-order valence-corrected chi connectivity index (χ2v) is 26.4. The molecule has 4 heteroatoms. The molecule has 0 aromatic carbocycles. The van der Waals surface area contributed by atoms with Crippen LogP contribution in [0.1, 0.15) is 212 Å². The van der Waals surface area contributed by atoms with Crippen LogP contribution in [-0.4, -0.2) is 34.6 Å². The van der Waals surface area contributed by atoms with Gasteiger partial charge in [-0.1, -0.05) is 106 Å². The van der Waals surface area contributed by atoms with E-state index in [4.69, 9.17) is 9.78 Å². The summed E-state index contributed by atoms with van der Waals surface area (Å²) in [7, 11) is 0. The Kier molecular flexibility index (Phi) is 12.7. The molecule has 342 valence electrons. The molecule has 0 heterocycles. The van der Waals surface area contributed by atoms with E-state index in [9.17, 15) is 10.2 Å². The van der Waals surface area contributed by atoms with Crippen molar-refractivity contribution in [3.63, 3.8) is 0 Å². The average Bonchev–Trinajstić information content (AvgIpc) is 3.74. The fraction of sp³-hybridized carbons (Fsp3) is 0.929. The van der Waals surface area contributed by atoms with Crippen molar-refractivity contribution in [2.45, 2.75) is 236 Å². The highest BCUT2D eigenvalue weighted by molar-refractivity contribution is 5.27. The van der Waals surface area contributed by atoms with Gasteiger partial charge < -0.3 is 10.2 Å². The smallest absolute Gasteiger partial charge is 0.0983 e. The molecule has 0 bridgehead atoms. The summed E-state index contributed by atoms with van der Waals surface area (Å²) in [4.78, 5) is 14.4. The minimum absolute atomic E-state index is 0.00786. The predicted octanol–water partition coefficient (Wildman–Crippen LogP) is 14.5. The number of hydrogen-bond acceptors (Lipinski definition) is 4. The second kappa shape index (κ2) is 16.6. The third-order valence-corrected chi connectivity index (χ3v) is 21.9. The molecule has 10 unspecified atom stereocenters. The Balaban J connectivity index is 1.01. The first-order chi connectivity index (χ1) is 28.2. The molecule has 8 rings (SSSR count). The summed E-state index contributed by atoms with van der Waals surface area (Å²) >= 11 is 0. The molecular formula is C56H94O4. The molecule has 0 saturated heterocycles. The maximum Gasteiger partial charge on any atom is 0.0983 e. The number of rotatable bonds is 13. The summed E-state index contributed by atoms with van der Waals surface area (Å²) < 4.78 is 0. The molecule has 0 amide bonds. The van der Waals surface area contributed by atoms with Crippen molar-refractivity contribution in [2.24, 2.45) is 91.7 Å². The number of aliphatic hydroxyl groups excluding tert-OH is 2. The van der Waals surface area contributed by atoms with E-state index in [1.807, 2.05) is 0 Å². The topological polar surface area (TPSA) is 58.9 Å². The maximum atomic E-state index is 10.6. The molecule has 60 heavy (non-hydrogen) atoms. The van der Waals surface area contributed by atoms with Crippen molar-refractivity contribution in [2.75, 3.05) is 0 Å². The number of fused-ring (bicyclic) bond motifs is 10. The van der Waals surface area contributed by atoms with E-state index in [1.165, 1.54) is 89.9 Å². The largest absolute Gasteiger partial charge is 0.393 e. The van der Waals surface area contributed by atoms with E-state index in [0.717, 1.165) is 74.0 Å². The average molecular weight is 831 g/mol. The van der Waals surface area contributed by atoms with Crippen LogP contribution in [-0.2, 0) is 9.78 Å². The van der Waals surface area contributed by atoms with Crippen LogP contribution in [0.25, 0.3) is 0 Å². The zero-order valence-electron chi connectivity index (χ0n) is 41.1. The maximum absolute atomic E-state index is 10.6. The Bertz CT molecular complexity index is 1470. The monoisotopic (exact) mass is 831 g/mol. The van der Waals surface area contributed by atoms with Gasteiger partial charge in [0.05, 0.1) is 24.4 Å². The number of allylic oxidation sites excluding steroid dienone is 2. The first-order valence-corrected chi connectivity index (χ1v) is 26.2. The minimum atomic E-state index is -0.134. The normalized spacial score (nSPS) is 45.1. The molecular weight excluding hydrogens is 737 g/mol. The molecule has 6 fully saturated rings. The van der Waals surface area contributed by atoms with Crippen LogP contribution in [0.3, 0.4) is 0 Å². The Hall–Kier alpha value is -0.680. The van der Waals surface area contributed by atoms with E-state index in [-0.39, 0.29) is 46.1 Å². The Morgan fingerprint density at radius 1 is 0.533 bits per heavy atom. The lowest BCUT2D eigenvalue weighted by atomic mass is 9.46. The molecule has 0 radical (unpaired) electrons. The standard InChI is InChI=1S/C56H94O4/c1-35(2)13-23-49(51(5,6)47-21-19-43-41-17-15-37-33-39(57)25-29-53(37,9)45(41)27-31-55(43,47)11)59-60-50(24-14-36(3)4)52(7,8)48-22-20-44-42-18-16-38-34-40(58)26-30-54(38,10)46(42)28-32-56(44,48)12/h15-16,35-36,39-50,57-58H,13-14,17-34H2,1-12H3/t39?,40?,41?,42?,43?,44?,45?,46?,47?,48?,49-,50-,53-,54-,55-,56-/m0/s1. The lowest BCUT2D eigenvalue weighted by Crippen LogP contribution is -2.54. The number of aliphatic hydroxyl groups is 2. The Labute approximate surface area is 369 Å². The Morgan fingerprint density at radius 2 is 0.917 bits per heavy atom. The van der Waals surface area contributed by atoms with Crippen LogP contribution in [0.5, 0.6) is 0 Å². The van der Waals surface area contributed by atoms with Crippen molar-refractivity contribution in [1.29, 1.82) is 0 Å². The van der Waals surface area contributed by atoms with E-state index < -0.39 is 0 Å². The number of hydrogen-bond donors (Lipinski definition) is 2. The van der Waals surface area contributed by atoms with Crippen LogP contribution in [0.2, 0.25) is 0 Å². The van der Waals surface area contributed by atoms with Gasteiger partial charge in [0.25, 0.3) is 0 Å². The van der Waals surface area contributed by atoms with Gasteiger partial charge in [-0.15, -0.1) is 0 Å². The molecule has 0 spiro atoms. The van der Waals surface area contributed by atoms with Gasteiger partial charge in [-0.05, 0) is 220 Å². The molecule has 6 saturated carbocycles.